The van der Waals surface area contributed by atoms with E-state index in [1.807, 2.05) is 13.8 Å². The van der Waals surface area contributed by atoms with Crippen molar-refractivity contribution in [2.45, 2.75) is 45.4 Å². The SMILES string of the molecule is CCn1cc(Cl)c(C(=O)N[C@H](C)[C@H]2CCCO2)n1. The zero-order valence-corrected chi connectivity index (χ0v) is 11.4. The predicted octanol–water partition coefficient (Wildman–Crippen LogP) is 1.85. The number of rotatable bonds is 4. The molecule has 5 nitrogen and oxygen atoms in total. The maximum atomic E-state index is 12.0. The Bertz CT molecular complexity index is 427. The van der Waals surface area contributed by atoms with Gasteiger partial charge in [-0.05, 0) is 26.7 Å². The van der Waals surface area contributed by atoms with Gasteiger partial charge in [-0.25, -0.2) is 0 Å². The molecule has 18 heavy (non-hydrogen) atoms. The molecular weight excluding hydrogens is 254 g/mol. The van der Waals surface area contributed by atoms with E-state index < -0.39 is 0 Å². The zero-order valence-electron chi connectivity index (χ0n) is 10.6. The summed E-state index contributed by atoms with van der Waals surface area (Å²) in [6.45, 7) is 5.35. The summed E-state index contributed by atoms with van der Waals surface area (Å²) in [5.41, 5.74) is 0.281. The molecule has 0 saturated carbocycles. The average molecular weight is 272 g/mol. The van der Waals surface area contributed by atoms with Crippen molar-refractivity contribution in [1.82, 2.24) is 15.1 Å². The van der Waals surface area contributed by atoms with Crippen LogP contribution in [0.5, 0.6) is 0 Å². The molecule has 1 saturated heterocycles. The number of hydrogen-bond donors (Lipinski definition) is 1. The number of carbonyl (C=O) groups is 1. The Hall–Kier alpha value is -1.07. The van der Waals surface area contributed by atoms with E-state index in [-0.39, 0.29) is 23.7 Å². The number of aromatic nitrogens is 2. The van der Waals surface area contributed by atoms with Gasteiger partial charge in [-0.1, -0.05) is 11.6 Å². The van der Waals surface area contributed by atoms with Crippen molar-refractivity contribution in [1.29, 1.82) is 0 Å². The first-order chi connectivity index (χ1) is 8.61. The van der Waals surface area contributed by atoms with Crippen LogP contribution in [0.25, 0.3) is 0 Å². The monoisotopic (exact) mass is 271 g/mol. The van der Waals surface area contributed by atoms with E-state index in [9.17, 15) is 4.79 Å². The van der Waals surface area contributed by atoms with E-state index in [0.29, 0.717) is 11.6 Å². The number of halogens is 1. The molecule has 0 radical (unpaired) electrons. The molecule has 6 heteroatoms. The maximum Gasteiger partial charge on any atom is 0.273 e. The Morgan fingerprint density at radius 3 is 3.11 bits per heavy atom. The molecule has 100 valence electrons. The van der Waals surface area contributed by atoms with Gasteiger partial charge in [-0.2, -0.15) is 5.10 Å². The first-order valence-corrected chi connectivity index (χ1v) is 6.65. The van der Waals surface area contributed by atoms with Crippen LogP contribution in [0.15, 0.2) is 6.20 Å². The van der Waals surface area contributed by atoms with Crippen molar-refractivity contribution in [3.63, 3.8) is 0 Å². The molecule has 1 aromatic heterocycles. The van der Waals surface area contributed by atoms with Crippen LogP contribution in [0.1, 0.15) is 37.2 Å². The third-order valence-electron chi connectivity index (χ3n) is 3.14. The molecule has 0 aromatic carbocycles. The Balaban J connectivity index is 1.99. The first-order valence-electron chi connectivity index (χ1n) is 6.27. The van der Waals surface area contributed by atoms with Crippen LogP contribution in [0.3, 0.4) is 0 Å². The molecule has 1 aromatic rings. The minimum Gasteiger partial charge on any atom is -0.376 e. The lowest BCUT2D eigenvalue weighted by atomic mass is 10.1. The molecule has 0 unspecified atom stereocenters. The molecule has 1 aliphatic rings. The van der Waals surface area contributed by atoms with Gasteiger partial charge in [-0.3, -0.25) is 9.48 Å². The maximum absolute atomic E-state index is 12.0. The Morgan fingerprint density at radius 1 is 1.78 bits per heavy atom. The second-order valence-corrected chi connectivity index (χ2v) is 4.90. The molecule has 0 spiro atoms. The Kier molecular flexibility index (Phi) is 4.24. The highest BCUT2D eigenvalue weighted by atomic mass is 35.5. The number of carbonyl (C=O) groups excluding carboxylic acids is 1. The summed E-state index contributed by atoms with van der Waals surface area (Å²) in [6.07, 6.45) is 3.79. The summed E-state index contributed by atoms with van der Waals surface area (Å²) >= 11 is 5.99. The van der Waals surface area contributed by atoms with E-state index >= 15 is 0 Å². The first kappa shape index (κ1) is 13.4. The molecule has 0 aliphatic carbocycles. The highest BCUT2D eigenvalue weighted by Gasteiger charge is 2.25. The smallest absolute Gasteiger partial charge is 0.273 e. The van der Waals surface area contributed by atoms with Gasteiger partial charge in [0, 0.05) is 19.3 Å². The van der Waals surface area contributed by atoms with Crippen molar-refractivity contribution in [2.24, 2.45) is 0 Å². The van der Waals surface area contributed by atoms with Crippen molar-refractivity contribution in [2.75, 3.05) is 6.61 Å². The van der Waals surface area contributed by atoms with Gasteiger partial charge in [0.15, 0.2) is 5.69 Å². The lowest BCUT2D eigenvalue weighted by Gasteiger charge is -2.19. The minimum atomic E-state index is -0.241. The fourth-order valence-electron chi connectivity index (χ4n) is 2.08. The summed E-state index contributed by atoms with van der Waals surface area (Å²) < 4.78 is 7.18. The van der Waals surface area contributed by atoms with Crippen molar-refractivity contribution >= 4 is 17.5 Å². The molecule has 1 N–H and O–H groups in total. The molecule has 0 bridgehead atoms. The van der Waals surface area contributed by atoms with Gasteiger partial charge < -0.3 is 10.1 Å². The summed E-state index contributed by atoms with van der Waals surface area (Å²) in [5.74, 6) is -0.241. The third-order valence-corrected chi connectivity index (χ3v) is 3.41. The molecule has 2 atom stereocenters. The topological polar surface area (TPSA) is 56.2 Å². The third kappa shape index (κ3) is 2.84. The summed E-state index contributed by atoms with van der Waals surface area (Å²) in [5, 5.41) is 7.42. The second kappa shape index (κ2) is 5.71. The number of ether oxygens (including phenoxy) is 1. The van der Waals surface area contributed by atoms with Gasteiger partial charge >= 0.3 is 0 Å². The number of nitrogens with zero attached hydrogens (tertiary/aromatic N) is 2. The molecule has 1 amide bonds. The molecule has 2 heterocycles. The average Bonchev–Trinajstić information content (AvgIpc) is 2.97. The Labute approximate surface area is 111 Å². The lowest BCUT2D eigenvalue weighted by Crippen LogP contribution is -2.41. The summed E-state index contributed by atoms with van der Waals surface area (Å²) in [4.78, 5) is 12.0. The van der Waals surface area contributed by atoms with E-state index in [1.165, 1.54) is 0 Å². The Morgan fingerprint density at radius 2 is 2.56 bits per heavy atom. The van der Waals surface area contributed by atoms with Crippen LogP contribution in [0, 0.1) is 0 Å². The van der Waals surface area contributed by atoms with E-state index in [4.69, 9.17) is 16.3 Å². The number of hydrogen-bond acceptors (Lipinski definition) is 3. The van der Waals surface area contributed by atoms with E-state index in [2.05, 4.69) is 10.4 Å². The number of nitrogens with one attached hydrogen (secondary N) is 1. The summed E-state index contributed by atoms with van der Waals surface area (Å²) in [6, 6.07) is -0.0251. The molecule has 1 fully saturated rings. The highest BCUT2D eigenvalue weighted by Crippen LogP contribution is 2.17. The van der Waals surface area contributed by atoms with Crippen LogP contribution < -0.4 is 5.32 Å². The zero-order chi connectivity index (χ0) is 13.1. The number of amides is 1. The summed E-state index contributed by atoms with van der Waals surface area (Å²) in [7, 11) is 0. The molecule has 2 rings (SSSR count). The molecule has 1 aliphatic heterocycles. The quantitative estimate of drug-likeness (QED) is 0.909. The molecular formula is C12H18ClN3O2. The van der Waals surface area contributed by atoms with Crippen LogP contribution in [-0.4, -0.2) is 34.4 Å². The minimum absolute atomic E-state index is 0.0251. The fourth-order valence-corrected chi connectivity index (χ4v) is 2.31. The van der Waals surface area contributed by atoms with Gasteiger partial charge in [0.25, 0.3) is 5.91 Å². The van der Waals surface area contributed by atoms with Gasteiger partial charge in [-0.15, -0.1) is 0 Å². The van der Waals surface area contributed by atoms with E-state index in [0.717, 1.165) is 19.4 Å². The van der Waals surface area contributed by atoms with Crippen LogP contribution in [0.2, 0.25) is 5.02 Å². The van der Waals surface area contributed by atoms with Gasteiger partial charge in [0.05, 0.1) is 17.2 Å². The van der Waals surface area contributed by atoms with Gasteiger partial charge in [0.2, 0.25) is 0 Å². The standard InChI is InChI=1S/C12H18ClN3O2/c1-3-16-7-9(13)11(15-16)12(17)14-8(2)10-5-4-6-18-10/h7-8,10H,3-6H2,1-2H3,(H,14,17)/t8-,10-/m1/s1. The van der Waals surface area contributed by atoms with Gasteiger partial charge in [0.1, 0.15) is 0 Å². The highest BCUT2D eigenvalue weighted by molar-refractivity contribution is 6.33. The number of aryl methyl sites for hydroxylation is 1. The van der Waals surface area contributed by atoms with Crippen LogP contribution in [-0.2, 0) is 11.3 Å². The second-order valence-electron chi connectivity index (χ2n) is 4.49. The fraction of sp³-hybridized carbons (Fsp3) is 0.667. The van der Waals surface area contributed by atoms with Crippen LogP contribution >= 0.6 is 11.6 Å². The lowest BCUT2D eigenvalue weighted by molar-refractivity contribution is 0.0709. The van der Waals surface area contributed by atoms with Crippen molar-refractivity contribution < 1.29 is 9.53 Å². The largest absolute Gasteiger partial charge is 0.376 e. The normalized spacial score (nSPS) is 20.9. The van der Waals surface area contributed by atoms with Crippen molar-refractivity contribution in [3.05, 3.63) is 16.9 Å². The predicted molar refractivity (Wildman–Crippen MR) is 68.8 cm³/mol. The van der Waals surface area contributed by atoms with E-state index in [1.54, 1.807) is 10.9 Å². The van der Waals surface area contributed by atoms with Crippen molar-refractivity contribution in [3.8, 4) is 0 Å². The van der Waals surface area contributed by atoms with Crippen LogP contribution in [0.4, 0.5) is 0 Å².